The van der Waals surface area contributed by atoms with Crippen molar-refractivity contribution >= 4 is 17.7 Å². The van der Waals surface area contributed by atoms with Crippen LogP contribution >= 0.6 is 0 Å². The minimum atomic E-state index is -0.391. The lowest BCUT2D eigenvalue weighted by Gasteiger charge is -2.07. The molecule has 1 N–H and O–H groups in total. The van der Waals surface area contributed by atoms with Gasteiger partial charge >= 0.3 is 0 Å². The van der Waals surface area contributed by atoms with Crippen molar-refractivity contribution in [3.05, 3.63) is 58.4 Å². The molecule has 0 radical (unpaired) electrons. The monoisotopic (exact) mass is 293 g/mol. The van der Waals surface area contributed by atoms with Crippen LogP contribution in [0.1, 0.15) is 22.5 Å². The standard InChI is InChI=1S/C18H19N3O/c1-12-7-5-6-8-17(12)20-18(22)16(11-19)10-15-9-13(2)21(4)14(15)3/h5-10H,1-4H3,(H,20,22)/b16-10-. The second-order valence-electron chi connectivity index (χ2n) is 5.32. The van der Waals surface area contributed by atoms with E-state index in [0.717, 1.165) is 28.2 Å². The van der Waals surface area contributed by atoms with Crippen LogP contribution in [0.2, 0.25) is 0 Å². The molecule has 0 bridgehead atoms. The molecule has 0 spiro atoms. The molecule has 0 aliphatic rings. The molecule has 0 fully saturated rings. The summed E-state index contributed by atoms with van der Waals surface area (Å²) in [6.45, 7) is 5.87. The molecule has 1 aromatic carbocycles. The van der Waals surface area contributed by atoms with Gasteiger partial charge in [-0.15, -0.1) is 0 Å². The van der Waals surface area contributed by atoms with Crippen LogP contribution in [0, 0.1) is 32.1 Å². The first-order chi connectivity index (χ1) is 10.4. The number of anilines is 1. The van der Waals surface area contributed by atoms with E-state index in [2.05, 4.69) is 5.32 Å². The Bertz CT molecular complexity index is 791. The van der Waals surface area contributed by atoms with E-state index in [-0.39, 0.29) is 5.57 Å². The number of para-hydroxylation sites is 1. The van der Waals surface area contributed by atoms with Gasteiger partial charge in [-0.1, -0.05) is 18.2 Å². The normalized spacial score (nSPS) is 11.1. The van der Waals surface area contributed by atoms with Crippen LogP contribution in [0.3, 0.4) is 0 Å². The molecular formula is C18H19N3O. The molecule has 0 saturated heterocycles. The Morgan fingerprint density at radius 2 is 1.95 bits per heavy atom. The van der Waals surface area contributed by atoms with Gasteiger partial charge in [0, 0.05) is 24.1 Å². The number of carbonyl (C=O) groups excluding carboxylic acids is 1. The van der Waals surface area contributed by atoms with Gasteiger partial charge in [-0.25, -0.2) is 0 Å². The average molecular weight is 293 g/mol. The molecule has 22 heavy (non-hydrogen) atoms. The van der Waals surface area contributed by atoms with E-state index in [4.69, 9.17) is 0 Å². The van der Waals surface area contributed by atoms with Gasteiger partial charge < -0.3 is 9.88 Å². The highest BCUT2D eigenvalue weighted by molar-refractivity contribution is 6.10. The van der Waals surface area contributed by atoms with Gasteiger partial charge in [0.25, 0.3) is 5.91 Å². The van der Waals surface area contributed by atoms with E-state index in [1.54, 1.807) is 6.08 Å². The summed E-state index contributed by atoms with van der Waals surface area (Å²) in [6, 6.07) is 11.4. The van der Waals surface area contributed by atoms with Crippen molar-refractivity contribution in [3.63, 3.8) is 0 Å². The third-order valence-corrected chi connectivity index (χ3v) is 3.87. The average Bonchev–Trinajstić information content (AvgIpc) is 2.74. The molecule has 2 rings (SSSR count). The van der Waals surface area contributed by atoms with Gasteiger partial charge in [-0.2, -0.15) is 5.26 Å². The molecule has 4 nitrogen and oxygen atoms in total. The number of hydrogen-bond donors (Lipinski definition) is 1. The maximum absolute atomic E-state index is 12.3. The predicted molar refractivity (Wildman–Crippen MR) is 88.3 cm³/mol. The zero-order chi connectivity index (χ0) is 16.3. The van der Waals surface area contributed by atoms with Crippen LogP contribution in [-0.4, -0.2) is 10.5 Å². The van der Waals surface area contributed by atoms with Crippen LogP contribution in [0.15, 0.2) is 35.9 Å². The Labute approximate surface area is 130 Å². The lowest BCUT2D eigenvalue weighted by Crippen LogP contribution is -2.14. The largest absolute Gasteiger partial charge is 0.352 e. The highest BCUT2D eigenvalue weighted by Gasteiger charge is 2.12. The first-order valence-corrected chi connectivity index (χ1v) is 7.05. The van der Waals surface area contributed by atoms with Crippen molar-refractivity contribution < 1.29 is 4.79 Å². The number of nitriles is 1. The third kappa shape index (κ3) is 3.09. The highest BCUT2D eigenvalue weighted by Crippen LogP contribution is 2.18. The summed E-state index contributed by atoms with van der Waals surface area (Å²) in [4.78, 5) is 12.3. The molecule has 1 amide bonds. The molecule has 0 atom stereocenters. The molecule has 4 heteroatoms. The molecule has 0 unspecified atom stereocenters. The van der Waals surface area contributed by atoms with Crippen LogP contribution in [0.5, 0.6) is 0 Å². The summed E-state index contributed by atoms with van der Waals surface area (Å²) in [5, 5.41) is 12.1. The highest BCUT2D eigenvalue weighted by atomic mass is 16.1. The minimum Gasteiger partial charge on any atom is -0.352 e. The van der Waals surface area contributed by atoms with Gasteiger partial charge in [0.05, 0.1) is 0 Å². The predicted octanol–water partition coefficient (Wildman–Crippen LogP) is 3.50. The molecule has 0 aliphatic heterocycles. The lowest BCUT2D eigenvalue weighted by atomic mass is 10.1. The van der Waals surface area contributed by atoms with Crippen molar-refractivity contribution in [2.75, 3.05) is 5.32 Å². The minimum absolute atomic E-state index is 0.0944. The number of nitrogens with one attached hydrogen (secondary N) is 1. The maximum Gasteiger partial charge on any atom is 0.266 e. The van der Waals surface area contributed by atoms with E-state index in [9.17, 15) is 10.1 Å². The van der Waals surface area contributed by atoms with E-state index < -0.39 is 5.91 Å². The number of aromatic nitrogens is 1. The van der Waals surface area contributed by atoms with Gasteiger partial charge in [-0.3, -0.25) is 4.79 Å². The fourth-order valence-electron chi connectivity index (χ4n) is 2.24. The number of aryl methyl sites for hydroxylation is 2. The molecule has 2 aromatic rings. The fourth-order valence-corrected chi connectivity index (χ4v) is 2.24. The molecule has 0 aliphatic carbocycles. The number of rotatable bonds is 3. The SMILES string of the molecule is Cc1ccccc1NC(=O)/C(C#N)=C\c1cc(C)n(C)c1C. The summed E-state index contributed by atoms with van der Waals surface area (Å²) in [5.41, 5.74) is 4.76. The molecule has 1 heterocycles. The van der Waals surface area contributed by atoms with E-state index >= 15 is 0 Å². The van der Waals surface area contributed by atoms with Crippen molar-refractivity contribution in [1.82, 2.24) is 4.57 Å². The van der Waals surface area contributed by atoms with Gasteiger partial charge in [0.1, 0.15) is 11.6 Å². The fraction of sp³-hybridized carbons (Fsp3) is 0.222. The number of benzene rings is 1. The Balaban J connectivity index is 2.30. The number of amides is 1. The number of carbonyl (C=O) groups is 1. The lowest BCUT2D eigenvalue weighted by molar-refractivity contribution is -0.112. The van der Waals surface area contributed by atoms with Crippen LogP contribution in [0.4, 0.5) is 5.69 Å². The zero-order valence-electron chi connectivity index (χ0n) is 13.3. The van der Waals surface area contributed by atoms with Crippen LogP contribution in [0.25, 0.3) is 6.08 Å². The third-order valence-electron chi connectivity index (χ3n) is 3.87. The second-order valence-corrected chi connectivity index (χ2v) is 5.32. The molecule has 1 aromatic heterocycles. The molecule has 112 valence electrons. The van der Waals surface area contributed by atoms with Gasteiger partial charge in [0.15, 0.2) is 0 Å². The van der Waals surface area contributed by atoms with E-state index in [0.29, 0.717) is 0 Å². The topological polar surface area (TPSA) is 57.8 Å². The summed E-state index contributed by atoms with van der Waals surface area (Å²) < 4.78 is 2.03. The van der Waals surface area contributed by atoms with E-state index in [1.807, 2.05) is 68.8 Å². The van der Waals surface area contributed by atoms with E-state index in [1.165, 1.54) is 0 Å². The summed E-state index contributed by atoms with van der Waals surface area (Å²) >= 11 is 0. The van der Waals surface area contributed by atoms with Gasteiger partial charge in [0.2, 0.25) is 0 Å². The summed E-state index contributed by atoms with van der Waals surface area (Å²) in [7, 11) is 1.96. The Hall–Kier alpha value is -2.80. The van der Waals surface area contributed by atoms with Crippen molar-refractivity contribution in [2.24, 2.45) is 7.05 Å². The molecule has 0 saturated carbocycles. The quantitative estimate of drug-likeness (QED) is 0.695. The van der Waals surface area contributed by atoms with Crippen molar-refractivity contribution in [2.45, 2.75) is 20.8 Å². The number of nitrogens with zero attached hydrogens (tertiary/aromatic N) is 2. The zero-order valence-corrected chi connectivity index (χ0v) is 13.3. The summed E-state index contributed by atoms with van der Waals surface area (Å²) in [6.07, 6.45) is 1.63. The Kier molecular flexibility index (Phi) is 4.47. The first-order valence-electron chi connectivity index (χ1n) is 7.05. The van der Waals surface area contributed by atoms with Crippen molar-refractivity contribution in [3.8, 4) is 6.07 Å². The first kappa shape index (κ1) is 15.6. The second kappa shape index (κ2) is 6.31. The van der Waals surface area contributed by atoms with Crippen molar-refractivity contribution in [1.29, 1.82) is 5.26 Å². The smallest absolute Gasteiger partial charge is 0.266 e. The summed E-state index contributed by atoms with van der Waals surface area (Å²) in [5.74, 6) is -0.391. The van der Waals surface area contributed by atoms with Crippen LogP contribution in [-0.2, 0) is 11.8 Å². The maximum atomic E-state index is 12.3. The Morgan fingerprint density at radius 1 is 1.27 bits per heavy atom. The number of hydrogen-bond acceptors (Lipinski definition) is 2. The Morgan fingerprint density at radius 3 is 2.50 bits per heavy atom. The molecular weight excluding hydrogens is 274 g/mol. The van der Waals surface area contributed by atoms with Crippen LogP contribution < -0.4 is 5.32 Å². The van der Waals surface area contributed by atoms with Gasteiger partial charge in [-0.05, 0) is 50.1 Å².